The maximum atomic E-state index is 14.1. The summed E-state index contributed by atoms with van der Waals surface area (Å²) in [6.07, 6.45) is 1.48. The van der Waals surface area contributed by atoms with Crippen LogP contribution in [0, 0.1) is 13.8 Å². The molecule has 2 aromatic heterocycles. The van der Waals surface area contributed by atoms with Gasteiger partial charge in [0, 0.05) is 57.2 Å². The van der Waals surface area contributed by atoms with E-state index in [1.165, 1.54) is 13.2 Å². The van der Waals surface area contributed by atoms with Gasteiger partial charge in [0.1, 0.15) is 11.4 Å². The topological polar surface area (TPSA) is 133 Å². The van der Waals surface area contributed by atoms with Gasteiger partial charge in [-0.2, -0.15) is 0 Å². The van der Waals surface area contributed by atoms with Gasteiger partial charge in [-0.1, -0.05) is 19.1 Å². The maximum absolute atomic E-state index is 14.1. The van der Waals surface area contributed by atoms with E-state index in [2.05, 4.69) is 28.6 Å². The molecule has 0 bridgehead atoms. The molecule has 4 aromatic rings. The number of nitrogens with two attached hydrogens (primary N) is 1. The van der Waals surface area contributed by atoms with E-state index in [9.17, 15) is 14.4 Å². The molecule has 1 aliphatic heterocycles. The van der Waals surface area contributed by atoms with Gasteiger partial charge in [-0.15, -0.1) is 11.3 Å². The van der Waals surface area contributed by atoms with Crippen molar-refractivity contribution in [2.75, 3.05) is 25.6 Å². The lowest BCUT2D eigenvalue weighted by Gasteiger charge is -2.18. The van der Waals surface area contributed by atoms with Crippen molar-refractivity contribution >= 4 is 34.8 Å². The smallest absolute Gasteiger partial charge is 0.357 e. The van der Waals surface area contributed by atoms with Crippen LogP contribution in [0.2, 0.25) is 0 Å². The van der Waals surface area contributed by atoms with Gasteiger partial charge >= 0.3 is 5.97 Å². The van der Waals surface area contributed by atoms with Crippen LogP contribution < -0.4 is 21.1 Å². The lowest BCUT2D eigenvalue weighted by Crippen LogP contribution is -2.26. The Bertz CT molecular complexity index is 1730. The molecule has 0 saturated carbocycles. The Hall–Kier alpha value is -4.54. The Morgan fingerprint density at radius 2 is 1.84 bits per heavy atom. The van der Waals surface area contributed by atoms with Crippen molar-refractivity contribution < 1.29 is 23.9 Å². The Labute approximate surface area is 254 Å². The fraction of sp³-hybridized carbons (Fsp3) is 0.273. The second-order valence-electron chi connectivity index (χ2n) is 10.4. The van der Waals surface area contributed by atoms with Gasteiger partial charge in [0.25, 0.3) is 11.8 Å². The number of nitrogens with zero attached hydrogens (tertiary/aromatic N) is 1. The number of ether oxygens (including phenoxy) is 2. The van der Waals surface area contributed by atoms with Crippen molar-refractivity contribution in [2.45, 2.75) is 40.2 Å². The number of thiophene rings is 1. The molecule has 4 N–H and O–H groups in total. The second kappa shape index (κ2) is 12.8. The molecule has 2 aromatic carbocycles. The Kier molecular flexibility index (Phi) is 8.89. The number of anilines is 1. The van der Waals surface area contributed by atoms with Crippen LogP contribution in [-0.4, -0.2) is 43.0 Å². The summed E-state index contributed by atoms with van der Waals surface area (Å²) in [5.74, 6) is -0.914. The Balaban J connectivity index is 1.69. The number of esters is 1. The average Bonchev–Trinajstić information content (AvgIpc) is 3.31. The fourth-order valence-corrected chi connectivity index (χ4v) is 6.19. The molecule has 1 aliphatic rings. The zero-order valence-electron chi connectivity index (χ0n) is 24.6. The molecule has 0 atom stereocenters. The van der Waals surface area contributed by atoms with E-state index in [1.54, 1.807) is 23.5 Å². The quantitative estimate of drug-likeness (QED) is 0.223. The number of carbonyl (C=O) groups excluding carboxylic acids is 3. The van der Waals surface area contributed by atoms with Crippen LogP contribution >= 0.6 is 11.3 Å². The van der Waals surface area contributed by atoms with Crippen molar-refractivity contribution in [1.82, 2.24) is 10.3 Å². The highest BCUT2D eigenvalue weighted by atomic mass is 32.1. The van der Waals surface area contributed by atoms with E-state index < -0.39 is 11.9 Å². The zero-order chi connectivity index (χ0) is 30.7. The Morgan fingerprint density at radius 3 is 2.56 bits per heavy atom. The summed E-state index contributed by atoms with van der Waals surface area (Å²) < 4.78 is 11.2. The number of fused-ring (bicyclic) bond motifs is 3. The van der Waals surface area contributed by atoms with E-state index >= 15 is 0 Å². The van der Waals surface area contributed by atoms with Crippen LogP contribution in [-0.2, 0) is 17.7 Å². The SMILES string of the molecule is CCCNC(=O)c1ccc(-c2cc3c(cc2C(=O)Nc2ccc(CN)cc2C)-c2sc(C)cc2CCO3)c(C(=O)OC)n1. The van der Waals surface area contributed by atoms with Gasteiger partial charge in [-0.05, 0) is 73.4 Å². The number of amides is 2. The van der Waals surface area contributed by atoms with Gasteiger partial charge in [0.2, 0.25) is 0 Å². The molecule has 10 heteroatoms. The molecular weight excluding hydrogens is 564 g/mol. The molecule has 3 heterocycles. The van der Waals surface area contributed by atoms with Gasteiger partial charge in [-0.3, -0.25) is 9.59 Å². The third-order valence-electron chi connectivity index (χ3n) is 7.28. The molecule has 5 rings (SSSR count). The first-order chi connectivity index (χ1) is 20.7. The maximum Gasteiger partial charge on any atom is 0.357 e. The number of aromatic nitrogens is 1. The summed E-state index contributed by atoms with van der Waals surface area (Å²) in [5.41, 5.74) is 11.3. The average molecular weight is 599 g/mol. The molecule has 0 aliphatic carbocycles. The molecule has 43 heavy (non-hydrogen) atoms. The lowest BCUT2D eigenvalue weighted by atomic mass is 9.93. The van der Waals surface area contributed by atoms with E-state index in [0.717, 1.165) is 44.8 Å². The molecule has 0 fully saturated rings. The molecule has 2 amide bonds. The van der Waals surface area contributed by atoms with Crippen molar-refractivity contribution in [3.63, 3.8) is 0 Å². The summed E-state index contributed by atoms with van der Waals surface area (Å²) in [6.45, 7) is 7.23. The molecule has 9 nitrogen and oxygen atoms in total. The number of benzene rings is 2. The highest BCUT2D eigenvalue weighted by molar-refractivity contribution is 7.15. The van der Waals surface area contributed by atoms with E-state index in [-0.39, 0.29) is 17.3 Å². The van der Waals surface area contributed by atoms with Gasteiger partial charge in [-0.25, -0.2) is 9.78 Å². The van der Waals surface area contributed by atoms with Crippen LogP contribution in [0.25, 0.3) is 21.6 Å². The van der Waals surface area contributed by atoms with Crippen LogP contribution in [0.3, 0.4) is 0 Å². The molecule has 222 valence electrons. The van der Waals surface area contributed by atoms with Crippen LogP contribution in [0.15, 0.2) is 48.5 Å². The molecular formula is C33H34N4O5S. The minimum absolute atomic E-state index is 0.0731. The molecule has 0 saturated heterocycles. The summed E-state index contributed by atoms with van der Waals surface area (Å²) >= 11 is 1.65. The normalized spacial score (nSPS) is 11.9. The monoisotopic (exact) mass is 598 g/mol. The fourth-order valence-electron chi connectivity index (χ4n) is 5.11. The number of carbonyl (C=O) groups is 3. The van der Waals surface area contributed by atoms with Crippen LogP contribution in [0.1, 0.15) is 66.2 Å². The number of hydrogen-bond donors (Lipinski definition) is 3. The van der Waals surface area contributed by atoms with Crippen molar-refractivity contribution in [1.29, 1.82) is 0 Å². The number of rotatable bonds is 8. The summed E-state index contributed by atoms with van der Waals surface area (Å²) in [5, 5.41) is 5.81. The first-order valence-electron chi connectivity index (χ1n) is 14.1. The summed E-state index contributed by atoms with van der Waals surface area (Å²) in [7, 11) is 1.25. The predicted molar refractivity (Wildman–Crippen MR) is 168 cm³/mol. The second-order valence-corrected chi connectivity index (χ2v) is 11.6. The molecule has 0 radical (unpaired) electrons. The summed E-state index contributed by atoms with van der Waals surface area (Å²) in [4.78, 5) is 46.4. The summed E-state index contributed by atoms with van der Waals surface area (Å²) in [6, 6.07) is 14.5. The van der Waals surface area contributed by atoms with Gasteiger partial charge in [0.15, 0.2) is 5.69 Å². The minimum Gasteiger partial charge on any atom is -0.493 e. The van der Waals surface area contributed by atoms with Crippen LogP contribution in [0.4, 0.5) is 5.69 Å². The number of pyridine rings is 1. The van der Waals surface area contributed by atoms with Crippen molar-refractivity contribution in [3.8, 4) is 27.3 Å². The van der Waals surface area contributed by atoms with Crippen molar-refractivity contribution in [3.05, 3.63) is 87.0 Å². The number of methoxy groups -OCH3 is 1. The largest absolute Gasteiger partial charge is 0.493 e. The lowest BCUT2D eigenvalue weighted by molar-refractivity contribution is 0.0594. The third-order valence-corrected chi connectivity index (χ3v) is 8.40. The highest BCUT2D eigenvalue weighted by Crippen LogP contribution is 2.44. The standard InChI is InChI=1S/C33H34N4O5S/c1-5-11-35-32(39)27-9-7-22(29(36-27)33(40)41-4)23-16-28-25(30-21(10-12-42-28)14-19(3)43-30)15-24(23)31(38)37-26-8-6-20(17-34)13-18(26)2/h6-9,13-16H,5,10-12,17,34H2,1-4H3,(H,35,39)(H,37,38). The van der Waals surface area contributed by atoms with Crippen LogP contribution in [0.5, 0.6) is 5.75 Å². The first kappa shape index (κ1) is 29.9. The number of aryl methyl sites for hydroxylation is 2. The highest BCUT2D eigenvalue weighted by Gasteiger charge is 2.27. The van der Waals surface area contributed by atoms with Gasteiger partial charge in [0.05, 0.1) is 13.7 Å². The van der Waals surface area contributed by atoms with E-state index in [1.807, 2.05) is 38.1 Å². The number of hydrogen-bond acceptors (Lipinski definition) is 8. The third kappa shape index (κ3) is 6.16. The van der Waals surface area contributed by atoms with E-state index in [4.69, 9.17) is 15.2 Å². The van der Waals surface area contributed by atoms with Gasteiger partial charge < -0.3 is 25.8 Å². The Morgan fingerprint density at radius 1 is 1.02 bits per heavy atom. The minimum atomic E-state index is -0.730. The number of nitrogens with one attached hydrogen (secondary N) is 2. The zero-order valence-corrected chi connectivity index (χ0v) is 25.4. The molecule has 0 unspecified atom stereocenters. The predicted octanol–water partition coefficient (Wildman–Crippen LogP) is 5.67. The first-order valence-corrected chi connectivity index (χ1v) is 14.9. The molecule has 0 spiro atoms. The van der Waals surface area contributed by atoms with Crippen molar-refractivity contribution in [2.24, 2.45) is 5.73 Å². The van der Waals surface area contributed by atoms with E-state index in [0.29, 0.717) is 47.8 Å².